The summed E-state index contributed by atoms with van der Waals surface area (Å²) in [5.41, 5.74) is 2.88. The molecule has 0 bridgehead atoms. The van der Waals surface area contributed by atoms with E-state index < -0.39 is 15.9 Å². The highest BCUT2D eigenvalue weighted by Crippen LogP contribution is 2.38. The van der Waals surface area contributed by atoms with Crippen molar-refractivity contribution < 1.29 is 13.2 Å². The van der Waals surface area contributed by atoms with Crippen molar-refractivity contribution in [3.8, 4) is 0 Å². The fraction of sp³-hybridized carbons (Fsp3) is 0.316. The zero-order valence-corrected chi connectivity index (χ0v) is 19.7. The number of benzene rings is 1. The third kappa shape index (κ3) is 4.70. The van der Waals surface area contributed by atoms with Crippen LogP contribution in [0.1, 0.15) is 22.4 Å². The van der Waals surface area contributed by atoms with Gasteiger partial charge in [0.2, 0.25) is 15.9 Å². The molecule has 2 aromatic rings. The lowest BCUT2D eigenvalue weighted by Gasteiger charge is -2.23. The SMILES string of the molecule is Cl.NS(=O)(=O)/C(=C/c1ccc(Cl)s1)C1CCN(c2cc3c(cc2Cl)CNCC3)C1=O. The van der Waals surface area contributed by atoms with Crippen molar-refractivity contribution in [3.05, 3.63) is 54.5 Å². The quantitative estimate of drug-likeness (QED) is 0.657. The molecule has 1 atom stereocenters. The molecule has 0 saturated carbocycles. The van der Waals surface area contributed by atoms with Gasteiger partial charge in [-0.15, -0.1) is 23.7 Å². The number of sulfonamides is 1. The lowest BCUT2D eigenvalue weighted by Crippen LogP contribution is -2.31. The average Bonchev–Trinajstić information content (AvgIpc) is 3.23. The molecule has 3 N–H and O–H groups in total. The molecule has 2 aliphatic rings. The molecule has 162 valence electrons. The lowest BCUT2D eigenvalue weighted by atomic mass is 10.00. The van der Waals surface area contributed by atoms with Crippen LogP contribution in [0.4, 0.5) is 5.69 Å². The summed E-state index contributed by atoms with van der Waals surface area (Å²) < 4.78 is 25.0. The molecular formula is C19H20Cl3N3O3S2. The Bertz CT molecular complexity index is 1120. The molecule has 1 saturated heterocycles. The van der Waals surface area contributed by atoms with Gasteiger partial charge >= 0.3 is 0 Å². The van der Waals surface area contributed by atoms with Gasteiger partial charge in [-0.3, -0.25) is 4.79 Å². The zero-order valence-electron chi connectivity index (χ0n) is 15.7. The van der Waals surface area contributed by atoms with Crippen LogP contribution in [0.15, 0.2) is 29.2 Å². The molecule has 0 radical (unpaired) electrons. The maximum absolute atomic E-state index is 13.2. The van der Waals surface area contributed by atoms with Crippen molar-refractivity contribution in [2.45, 2.75) is 19.4 Å². The van der Waals surface area contributed by atoms with Gasteiger partial charge < -0.3 is 10.2 Å². The summed E-state index contributed by atoms with van der Waals surface area (Å²) in [5.74, 6) is -1.16. The van der Waals surface area contributed by atoms with Crippen molar-refractivity contribution in [1.29, 1.82) is 0 Å². The number of hydrogen-bond acceptors (Lipinski definition) is 5. The van der Waals surface area contributed by atoms with Crippen LogP contribution in [-0.4, -0.2) is 27.4 Å². The molecule has 0 spiro atoms. The first-order valence-electron chi connectivity index (χ1n) is 9.07. The maximum Gasteiger partial charge on any atom is 0.235 e. The first-order chi connectivity index (χ1) is 13.7. The number of hydrogen-bond donors (Lipinski definition) is 2. The van der Waals surface area contributed by atoms with E-state index in [0.717, 1.165) is 30.6 Å². The molecule has 1 amide bonds. The molecule has 3 heterocycles. The highest BCUT2D eigenvalue weighted by molar-refractivity contribution is 7.93. The van der Waals surface area contributed by atoms with E-state index in [2.05, 4.69) is 5.32 Å². The molecule has 30 heavy (non-hydrogen) atoms. The summed E-state index contributed by atoms with van der Waals surface area (Å²) in [6.45, 7) is 1.98. The number of thiophene rings is 1. The molecule has 2 aliphatic heterocycles. The number of nitrogens with one attached hydrogen (secondary N) is 1. The summed E-state index contributed by atoms with van der Waals surface area (Å²) in [5, 5.41) is 9.23. The van der Waals surface area contributed by atoms with Gasteiger partial charge in [0.05, 0.1) is 25.9 Å². The number of amides is 1. The minimum Gasteiger partial charge on any atom is -0.312 e. The standard InChI is InChI=1S/C19H19Cl2N3O3S2.ClH/c20-15-7-12-10-23-5-3-11(12)8-16(15)24-6-4-14(19(24)25)17(29(22,26)27)9-13-1-2-18(21)28-13;/h1-2,7-9,14,23H,3-6,10H2,(H2,22,26,27);1H/b17-9+;. The second kappa shape index (κ2) is 9.16. The Hall–Kier alpha value is -1.13. The molecule has 0 aliphatic carbocycles. The Morgan fingerprint density at radius 1 is 1.27 bits per heavy atom. The molecule has 1 aromatic heterocycles. The van der Waals surface area contributed by atoms with Gasteiger partial charge in [-0.2, -0.15) is 0 Å². The largest absolute Gasteiger partial charge is 0.312 e. The molecular weight excluding hydrogens is 489 g/mol. The number of anilines is 1. The van der Waals surface area contributed by atoms with E-state index in [1.165, 1.54) is 17.4 Å². The van der Waals surface area contributed by atoms with Gasteiger partial charge in [0.25, 0.3) is 0 Å². The Morgan fingerprint density at radius 2 is 2.03 bits per heavy atom. The van der Waals surface area contributed by atoms with Crippen LogP contribution >= 0.6 is 46.9 Å². The van der Waals surface area contributed by atoms with Crippen LogP contribution in [0.5, 0.6) is 0 Å². The fourth-order valence-electron chi connectivity index (χ4n) is 3.81. The van der Waals surface area contributed by atoms with Gasteiger partial charge in [-0.1, -0.05) is 23.2 Å². The zero-order chi connectivity index (χ0) is 20.8. The normalized spacial score (nSPS) is 19.6. The van der Waals surface area contributed by atoms with Crippen molar-refractivity contribution in [3.63, 3.8) is 0 Å². The van der Waals surface area contributed by atoms with Crippen molar-refractivity contribution in [2.75, 3.05) is 18.0 Å². The monoisotopic (exact) mass is 507 g/mol. The number of carbonyl (C=O) groups is 1. The smallest absolute Gasteiger partial charge is 0.235 e. The number of rotatable bonds is 4. The predicted molar refractivity (Wildman–Crippen MR) is 125 cm³/mol. The summed E-state index contributed by atoms with van der Waals surface area (Å²) in [4.78, 5) is 15.3. The number of carbonyl (C=O) groups excluding carboxylic acids is 1. The van der Waals surface area contributed by atoms with Gasteiger partial charge in [0.1, 0.15) is 0 Å². The van der Waals surface area contributed by atoms with Crippen LogP contribution in [0.25, 0.3) is 6.08 Å². The van der Waals surface area contributed by atoms with Crippen LogP contribution in [0.2, 0.25) is 9.36 Å². The van der Waals surface area contributed by atoms with Crippen LogP contribution in [0, 0.1) is 5.92 Å². The Balaban J connectivity index is 0.00000256. The summed E-state index contributed by atoms with van der Waals surface area (Å²) in [7, 11) is -4.06. The highest BCUT2D eigenvalue weighted by atomic mass is 35.5. The first-order valence-corrected chi connectivity index (χ1v) is 12.2. The molecule has 11 heteroatoms. The van der Waals surface area contributed by atoms with E-state index >= 15 is 0 Å². The summed E-state index contributed by atoms with van der Waals surface area (Å²) in [6.07, 6.45) is 2.64. The third-order valence-corrected chi connectivity index (χ3v) is 7.74. The summed E-state index contributed by atoms with van der Waals surface area (Å²) >= 11 is 13.6. The minimum absolute atomic E-state index is 0. The lowest BCUT2D eigenvalue weighted by molar-refractivity contribution is -0.119. The first kappa shape index (κ1) is 23.5. The van der Waals surface area contributed by atoms with Gasteiger partial charge in [-0.05, 0) is 60.9 Å². The Labute approximate surface area is 195 Å². The fourth-order valence-corrected chi connectivity index (χ4v) is 6.09. The van der Waals surface area contributed by atoms with Gasteiger partial charge in [0, 0.05) is 18.0 Å². The number of nitrogens with two attached hydrogens (primary N) is 1. The van der Waals surface area contributed by atoms with Gasteiger partial charge in [-0.25, -0.2) is 13.6 Å². The third-order valence-electron chi connectivity index (χ3n) is 5.20. The molecule has 4 rings (SSSR count). The van der Waals surface area contributed by atoms with E-state index in [1.807, 2.05) is 12.1 Å². The van der Waals surface area contributed by atoms with Crippen molar-refractivity contribution >= 4 is 74.6 Å². The second-order valence-electron chi connectivity index (χ2n) is 7.06. The predicted octanol–water partition coefficient (Wildman–Crippen LogP) is 3.80. The van der Waals surface area contributed by atoms with E-state index in [9.17, 15) is 13.2 Å². The Morgan fingerprint density at radius 3 is 2.70 bits per heavy atom. The van der Waals surface area contributed by atoms with Crippen LogP contribution in [0.3, 0.4) is 0 Å². The van der Waals surface area contributed by atoms with Crippen molar-refractivity contribution in [2.24, 2.45) is 11.1 Å². The number of fused-ring (bicyclic) bond motifs is 1. The minimum atomic E-state index is -4.06. The highest BCUT2D eigenvalue weighted by Gasteiger charge is 2.39. The molecule has 1 aromatic carbocycles. The number of halogens is 3. The van der Waals surface area contributed by atoms with E-state index in [4.69, 9.17) is 28.3 Å². The average molecular weight is 509 g/mol. The van der Waals surface area contributed by atoms with Crippen LogP contribution in [-0.2, 0) is 27.8 Å². The van der Waals surface area contributed by atoms with E-state index in [0.29, 0.717) is 32.9 Å². The maximum atomic E-state index is 13.2. The van der Waals surface area contributed by atoms with Crippen LogP contribution < -0.4 is 15.4 Å². The number of primary sulfonamides is 1. The second-order valence-corrected chi connectivity index (χ2v) is 10.8. The topological polar surface area (TPSA) is 92.5 Å². The number of nitrogens with zero attached hydrogens (tertiary/aromatic N) is 1. The van der Waals surface area contributed by atoms with E-state index in [-0.39, 0.29) is 23.2 Å². The van der Waals surface area contributed by atoms with E-state index in [1.54, 1.807) is 17.0 Å². The van der Waals surface area contributed by atoms with Gasteiger partial charge in [0.15, 0.2) is 0 Å². The Kier molecular flexibility index (Phi) is 7.18. The summed E-state index contributed by atoms with van der Waals surface area (Å²) in [6, 6.07) is 7.19. The molecule has 6 nitrogen and oxygen atoms in total. The molecule has 1 unspecified atom stereocenters. The molecule has 1 fully saturated rings. The van der Waals surface area contributed by atoms with Crippen molar-refractivity contribution in [1.82, 2.24) is 5.32 Å².